The van der Waals surface area contributed by atoms with E-state index >= 15 is 0 Å². The van der Waals surface area contributed by atoms with E-state index in [4.69, 9.17) is 0 Å². The molecule has 3 aliphatic rings. The number of piperidine rings is 2. The number of alkyl halides is 1. The van der Waals surface area contributed by atoms with Crippen LogP contribution in [0.4, 0.5) is 4.39 Å². The van der Waals surface area contributed by atoms with Crippen molar-refractivity contribution in [2.24, 2.45) is 5.92 Å². The molecule has 3 fully saturated rings. The highest BCUT2D eigenvalue weighted by Gasteiger charge is 2.28. The van der Waals surface area contributed by atoms with Crippen molar-refractivity contribution in [2.75, 3.05) is 47.5 Å². The van der Waals surface area contributed by atoms with Crippen LogP contribution in [0.3, 0.4) is 0 Å². The second kappa shape index (κ2) is 20.9. The summed E-state index contributed by atoms with van der Waals surface area (Å²) in [4.78, 5) is 30.7. The van der Waals surface area contributed by atoms with Crippen LogP contribution in [-0.2, 0) is 4.79 Å². The lowest BCUT2D eigenvalue weighted by atomic mass is 9.88. The van der Waals surface area contributed by atoms with Crippen molar-refractivity contribution in [2.45, 2.75) is 97.9 Å². The molecular formula is C41H62FN3O2. The average Bonchev–Trinajstić information content (AvgIpc) is 3.66. The molecule has 1 amide bonds. The van der Waals surface area contributed by atoms with Crippen molar-refractivity contribution < 1.29 is 14.0 Å². The van der Waals surface area contributed by atoms with Gasteiger partial charge in [0, 0.05) is 50.9 Å². The first-order valence-electron chi connectivity index (χ1n) is 17.8. The Morgan fingerprint density at radius 3 is 1.85 bits per heavy atom. The number of rotatable bonds is 7. The maximum Gasteiger partial charge on any atom is 0.253 e. The first kappa shape index (κ1) is 39.9. The number of amides is 1. The van der Waals surface area contributed by atoms with E-state index in [9.17, 15) is 14.0 Å². The van der Waals surface area contributed by atoms with Crippen LogP contribution < -0.4 is 0 Å². The van der Waals surface area contributed by atoms with Crippen molar-refractivity contribution in [3.63, 3.8) is 0 Å². The van der Waals surface area contributed by atoms with Crippen molar-refractivity contribution in [1.82, 2.24) is 14.7 Å². The van der Waals surface area contributed by atoms with Crippen LogP contribution in [-0.4, -0.2) is 79.9 Å². The van der Waals surface area contributed by atoms with Gasteiger partial charge in [0.15, 0.2) is 0 Å². The van der Waals surface area contributed by atoms with Gasteiger partial charge >= 0.3 is 0 Å². The van der Waals surface area contributed by atoms with Gasteiger partial charge in [0.25, 0.3) is 5.91 Å². The summed E-state index contributed by atoms with van der Waals surface area (Å²) < 4.78 is 9.50. The topological polar surface area (TPSA) is 43.9 Å². The van der Waals surface area contributed by atoms with Crippen LogP contribution in [0.5, 0.6) is 0 Å². The molecule has 6 heteroatoms. The average molecular weight is 648 g/mol. The molecule has 1 saturated carbocycles. The SMILES string of the molecule is C=C/C(=C\N(C)C)c1ccc(C2CCN(C(=O)c3ccc(C)c(C)c3)CC2)cc1.CC.CC(=O)C1CCN(C2CCCC2)CC1.CF. The Balaban J connectivity index is 0.000000355. The van der Waals surface area contributed by atoms with Gasteiger partial charge in [-0.1, -0.05) is 69.7 Å². The molecule has 5 nitrogen and oxygen atoms in total. The Morgan fingerprint density at radius 1 is 0.809 bits per heavy atom. The fourth-order valence-electron chi connectivity index (χ4n) is 6.88. The zero-order valence-electron chi connectivity index (χ0n) is 30.7. The number of likely N-dealkylation sites (tertiary alicyclic amines) is 2. The summed E-state index contributed by atoms with van der Waals surface area (Å²) >= 11 is 0. The van der Waals surface area contributed by atoms with Crippen molar-refractivity contribution in [3.8, 4) is 0 Å². The summed E-state index contributed by atoms with van der Waals surface area (Å²) in [6, 6.07) is 15.7. The lowest BCUT2D eigenvalue weighted by Gasteiger charge is -2.35. The predicted octanol–water partition coefficient (Wildman–Crippen LogP) is 9.25. The largest absolute Gasteiger partial charge is 0.383 e. The first-order valence-corrected chi connectivity index (χ1v) is 17.8. The van der Waals surface area contributed by atoms with Gasteiger partial charge in [0.2, 0.25) is 0 Å². The zero-order valence-corrected chi connectivity index (χ0v) is 30.7. The Labute approximate surface area is 285 Å². The summed E-state index contributed by atoms with van der Waals surface area (Å²) in [6.45, 7) is 17.8. The van der Waals surface area contributed by atoms with Crippen LogP contribution in [0.15, 0.2) is 61.3 Å². The number of Topliss-reactive ketones (excluding diaryl/α,β-unsaturated/α-hetero) is 1. The van der Waals surface area contributed by atoms with E-state index in [1.54, 1.807) is 6.92 Å². The van der Waals surface area contributed by atoms with Crippen LogP contribution in [0.25, 0.3) is 5.57 Å². The molecule has 0 atom stereocenters. The summed E-state index contributed by atoms with van der Waals surface area (Å²) in [5.74, 6) is 1.44. The fourth-order valence-corrected chi connectivity index (χ4v) is 6.88. The number of aryl methyl sites for hydroxylation is 2. The number of halogens is 1. The minimum atomic E-state index is 0.159. The number of hydrogen-bond acceptors (Lipinski definition) is 4. The number of nitrogens with zero attached hydrogens (tertiary/aromatic N) is 3. The van der Waals surface area contributed by atoms with Crippen LogP contribution in [0, 0.1) is 19.8 Å². The van der Waals surface area contributed by atoms with Gasteiger partial charge in [0.1, 0.15) is 5.78 Å². The molecule has 2 saturated heterocycles. The molecule has 1 aliphatic carbocycles. The predicted molar refractivity (Wildman–Crippen MR) is 198 cm³/mol. The second-order valence-corrected chi connectivity index (χ2v) is 13.1. The van der Waals surface area contributed by atoms with Gasteiger partial charge in [-0.05, 0) is 118 Å². The van der Waals surface area contributed by atoms with Crippen molar-refractivity contribution in [3.05, 3.63) is 89.1 Å². The molecule has 2 aromatic rings. The fraction of sp³-hybridized carbons (Fsp3) is 0.561. The normalized spacial score (nSPS) is 17.7. The number of carbonyl (C=O) groups is 2. The second-order valence-electron chi connectivity index (χ2n) is 13.1. The third-order valence-corrected chi connectivity index (χ3v) is 9.81. The highest BCUT2D eigenvalue weighted by atomic mass is 19.1. The van der Waals surface area contributed by atoms with Gasteiger partial charge in [-0.2, -0.15) is 0 Å². The standard InChI is InChI=1S/C26H32N2O.C12H21NO.C2H6.CH3F/c1-6-21(18-27(4)5)22-9-11-23(12-10-22)24-13-15-28(16-14-24)26(29)25-8-7-19(2)20(3)17-25;1-10(14)11-6-8-13(9-7-11)12-4-2-3-5-12;2*1-2/h6-12,17-18,24H,1,13-16H2,2-5H3;11-12H,2-9H2,1H3;1-2H3;1H3/b21-18+;;;. The van der Waals surface area contributed by atoms with E-state index in [1.165, 1.54) is 47.9 Å². The summed E-state index contributed by atoms with van der Waals surface area (Å²) in [5, 5.41) is 0. The molecule has 2 heterocycles. The summed E-state index contributed by atoms with van der Waals surface area (Å²) in [5.41, 5.74) is 6.87. The Kier molecular flexibility index (Phi) is 17.7. The third-order valence-electron chi connectivity index (χ3n) is 9.81. The van der Waals surface area contributed by atoms with Gasteiger partial charge in [-0.15, -0.1) is 0 Å². The molecular weight excluding hydrogens is 585 g/mol. The van der Waals surface area contributed by atoms with E-state index in [1.807, 2.05) is 62.0 Å². The Hall–Kier alpha value is -3.25. The third kappa shape index (κ3) is 12.1. The van der Waals surface area contributed by atoms with Crippen LogP contribution in [0.2, 0.25) is 0 Å². The van der Waals surface area contributed by atoms with Gasteiger partial charge in [0.05, 0.1) is 7.18 Å². The lowest BCUT2D eigenvalue weighted by molar-refractivity contribution is -0.122. The van der Waals surface area contributed by atoms with E-state index < -0.39 is 0 Å². The maximum absolute atomic E-state index is 12.9. The van der Waals surface area contributed by atoms with Crippen LogP contribution >= 0.6 is 0 Å². The van der Waals surface area contributed by atoms with Gasteiger partial charge in [-0.3, -0.25) is 14.0 Å². The number of carbonyl (C=O) groups excluding carboxylic acids is 2. The minimum Gasteiger partial charge on any atom is -0.383 e. The van der Waals surface area contributed by atoms with Gasteiger partial charge < -0.3 is 14.7 Å². The maximum atomic E-state index is 12.9. The Bertz CT molecular complexity index is 1260. The summed E-state index contributed by atoms with van der Waals surface area (Å²) in [6.07, 6.45) is 13.8. The molecule has 5 rings (SSSR count). The Morgan fingerprint density at radius 2 is 1.36 bits per heavy atom. The smallest absolute Gasteiger partial charge is 0.253 e. The molecule has 47 heavy (non-hydrogen) atoms. The van der Waals surface area contributed by atoms with E-state index in [-0.39, 0.29) is 5.91 Å². The molecule has 0 spiro atoms. The van der Waals surface area contributed by atoms with Crippen molar-refractivity contribution in [1.29, 1.82) is 0 Å². The molecule has 2 aliphatic heterocycles. The van der Waals surface area contributed by atoms with E-state index in [0.29, 0.717) is 24.8 Å². The molecule has 260 valence electrons. The number of benzene rings is 2. The van der Waals surface area contributed by atoms with Crippen LogP contribution in [0.1, 0.15) is 111 Å². The number of ketones is 1. The lowest BCUT2D eigenvalue weighted by Crippen LogP contribution is -2.41. The van der Waals surface area contributed by atoms with E-state index in [2.05, 4.69) is 55.8 Å². The number of allylic oxidation sites excluding steroid dienone is 2. The highest BCUT2D eigenvalue weighted by Crippen LogP contribution is 2.30. The first-order chi connectivity index (χ1) is 22.7. The molecule has 0 bridgehead atoms. The molecule has 0 aromatic heterocycles. The molecule has 0 unspecified atom stereocenters. The van der Waals surface area contributed by atoms with E-state index in [0.717, 1.165) is 69.0 Å². The van der Waals surface area contributed by atoms with Gasteiger partial charge in [-0.25, -0.2) is 0 Å². The number of hydrogen-bond donors (Lipinski definition) is 0. The quantitative estimate of drug-likeness (QED) is 0.281. The molecule has 0 radical (unpaired) electrons. The molecule has 2 aromatic carbocycles. The van der Waals surface area contributed by atoms with Crippen molar-refractivity contribution >= 4 is 17.3 Å². The minimum absolute atomic E-state index is 0.159. The monoisotopic (exact) mass is 647 g/mol. The zero-order chi connectivity index (χ0) is 34.9. The summed E-state index contributed by atoms with van der Waals surface area (Å²) in [7, 11) is 4.54. The molecule has 0 N–H and O–H groups in total. The highest BCUT2D eigenvalue weighted by molar-refractivity contribution is 5.94.